The molecule has 0 saturated heterocycles. The summed E-state index contributed by atoms with van der Waals surface area (Å²) in [6.45, 7) is 0.451. The van der Waals surface area contributed by atoms with E-state index in [0.717, 1.165) is 19.3 Å². The van der Waals surface area contributed by atoms with Crippen LogP contribution in [-0.4, -0.2) is 35.7 Å². The minimum absolute atomic E-state index is 0.0834. The van der Waals surface area contributed by atoms with Crippen LogP contribution in [0.15, 0.2) is 41.0 Å². The predicted molar refractivity (Wildman–Crippen MR) is 89.1 cm³/mol. The van der Waals surface area contributed by atoms with Crippen LogP contribution in [0.1, 0.15) is 19.3 Å². The number of urea groups is 1. The van der Waals surface area contributed by atoms with Crippen LogP contribution in [-0.2, 0) is 0 Å². The highest BCUT2D eigenvalue weighted by Gasteiger charge is 2.27. The van der Waals surface area contributed by atoms with E-state index < -0.39 is 11.8 Å². The van der Waals surface area contributed by atoms with Crippen molar-refractivity contribution in [2.24, 2.45) is 5.92 Å². The van der Waals surface area contributed by atoms with Crippen molar-refractivity contribution in [2.75, 3.05) is 18.9 Å². The number of hydrogen-bond donors (Lipinski definition) is 2. The van der Waals surface area contributed by atoms with Gasteiger partial charge in [0.25, 0.3) is 0 Å². The highest BCUT2D eigenvalue weighted by Crippen LogP contribution is 2.27. The summed E-state index contributed by atoms with van der Waals surface area (Å²) in [6, 6.07) is 7.56. The maximum absolute atomic E-state index is 14.0. The van der Waals surface area contributed by atoms with Gasteiger partial charge in [0.1, 0.15) is 11.6 Å². The first kappa shape index (κ1) is 16.5. The summed E-state index contributed by atoms with van der Waals surface area (Å²) in [5.41, 5.74) is 0.790. The number of hydrogen-bond acceptors (Lipinski definition) is 3. The Labute approximate surface area is 140 Å². The van der Waals surface area contributed by atoms with Gasteiger partial charge in [-0.05, 0) is 43.2 Å². The number of furan rings is 1. The molecule has 1 saturated carbocycles. The molecule has 0 aliphatic heterocycles. The smallest absolute Gasteiger partial charge is 0.321 e. The molecule has 1 heterocycles. The maximum atomic E-state index is 14.0. The highest BCUT2D eigenvalue weighted by molar-refractivity contribution is 5.90. The van der Waals surface area contributed by atoms with Gasteiger partial charge in [-0.15, -0.1) is 0 Å². The first-order valence-electron chi connectivity index (χ1n) is 8.08. The van der Waals surface area contributed by atoms with E-state index in [9.17, 15) is 14.3 Å². The van der Waals surface area contributed by atoms with Gasteiger partial charge in [-0.3, -0.25) is 0 Å². The molecule has 1 aliphatic carbocycles. The van der Waals surface area contributed by atoms with Crippen molar-refractivity contribution in [1.29, 1.82) is 0 Å². The van der Waals surface area contributed by atoms with Gasteiger partial charge >= 0.3 is 6.03 Å². The fraction of sp³-hybridized carbons (Fsp3) is 0.389. The van der Waals surface area contributed by atoms with Gasteiger partial charge < -0.3 is 19.7 Å². The molecule has 1 aromatic heterocycles. The fourth-order valence-corrected chi connectivity index (χ4v) is 3.09. The second-order valence-corrected chi connectivity index (χ2v) is 6.24. The Morgan fingerprint density at radius 3 is 2.92 bits per heavy atom. The number of rotatable bonds is 4. The number of anilines is 1. The molecule has 24 heavy (non-hydrogen) atoms. The van der Waals surface area contributed by atoms with E-state index in [2.05, 4.69) is 5.32 Å². The summed E-state index contributed by atoms with van der Waals surface area (Å²) >= 11 is 0. The van der Waals surface area contributed by atoms with Crippen molar-refractivity contribution in [3.63, 3.8) is 0 Å². The van der Waals surface area contributed by atoms with Gasteiger partial charge in [0.15, 0.2) is 0 Å². The molecule has 2 N–H and O–H groups in total. The third-order valence-electron chi connectivity index (χ3n) is 4.49. The molecule has 128 valence electrons. The van der Waals surface area contributed by atoms with Crippen molar-refractivity contribution < 1.29 is 18.7 Å². The topological polar surface area (TPSA) is 65.7 Å². The molecule has 1 aliphatic rings. The van der Waals surface area contributed by atoms with Crippen molar-refractivity contribution >= 4 is 11.7 Å². The Balaban J connectivity index is 1.68. The largest absolute Gasteiger partial charge is 0.464 e. The van der Waals surface area contributed by atoms with Gasteiger partial charge in [0.05, 0.1) is 18.1 Å². The lowest BCUT2D eigenvalue weighted by Crippen LogP contribution is -2.37. The van der Waals surface area contributed by atoms with E-state index >= 15 is 0 Å². The molecule has 0 bridgehead atoms. The van der Waals surface area contributed by atoms with Crippen molar-refractivity contribution in [2.45, 2.75) is 25.4 Å². The molecule has 2 unspecified atom stereocenters. The average molecular weight is 332 g/mol. The Morgan fingerprint density at radius 2 is 2.25 bits per heavy atom. The molecule has 3 rings (SSSR count). The highest BCUT2D eigenvalue weighted by atomic mass is 19.1. The number of nitrogens with one attached hydrogen (secondary N) is 1. The standard InChI is InChI=1S/C18H21FN2O3/c1-21(11-13-4-2-5-16(13)22)18(23)20-15-10-12(7-8-14(15)19)17-6-3-9-24-17/h3,6-10,13,16,22H,2,4-5,11H2,1H3,(H,20,23). The van der Waals surface area contributed by atoms with Gasteiger partial charge in [-0.25, -0.2) is 9.18 Å². The van der Waals surface area contributed by atoms with E-state index in [1.807, 2.05) is 0 Å². The Kier molecular flexibility index (Phi) is 4.85. The first-order chi connectivity index (χ1) is 11.5. The van der Waals surface area contributed by atoms with E-state index in [0.29, 0.717) is 17.9 Å². The molecule has 1 aromatic carbocycles. The minimum atomic E-state index is -0.507. The van der Waals surface area contributed by atoms with Crippen LogP contribution >= 0.6 is 0 Å². The van der Waals surface area contributed by atoms with Crippen molar-refractivity contribution in [1.82, 2.24) is 4.90 Å². The van der Waals surface area contributed by atoms with Crippen LogP contribution in [0.25, 0.3) is 11.3 Å². The van der Waals surface area contributed by atoms with Crippen LogP contribution in [0, 0.1) is 11.7 Å². The van der Waals surface area contributed by atoms with Crippen LogP contribution in [0.3, 0.4) is 0 Å². The summed E-state index contributed by atoms with van der Waals surface area (Å²) in [6.07, 6.45) is 3.83. The van der Waals surface area contributed by atoms with Gasteiger partial charge in [-0.2, -0.15) is 0 Å². The quantitative estimate of drug-likeness (QED) is 0.897. The zero-order chi connectivity index (χ0) is 17.1. The lowest BCUT2D eigenvalue weighted by Gasteiger charge is -2.23. The molecule has 2 atom stereocenters. The molecular formula is C18H21FN2O3. The molecule has 2 amide bonds. The Bertz CT molecular complexity index is 702. The van der Waals surface area contributed by atoms with E-state index in [-0.39, 0.29) is 17.7 Å². The normalized spacial score (nSPS) is 20.1. The van der Waals surface area contributed by atoms with Crippen LogP contribution in [0.4, 0.5) is 14.9 Å². The number of aliphatic hydroxyl groups excluding tert-OH is 1. The van der Waals surface area contributed by atoms with Crippen molar-refractivity contribution in [3.05, 3.63) is 42.4 Å². The third-order valence-corrected chi connectivity index (χ3v) is 4.49. The Morgan fingerprint density at radius 1 is 1.42 bits per heavy atom. The molecule has 2 aromatic rings. The number of nitrogens with zero attached hydrogens (tertiary/aromatic N) is 1. The molecule has 0 spiro atoms. The molecular weight excluding hydrogens is 311 g/mol. The number of carbonyl (C=O) groups excluding carboxylic acids is 1. The molecule has 5 nitrogen and oxygen atoms in total. The minimum Gasteiger partial charge on any atom is -0.464 e. The molecule has 0 radical (unpaired) electrons. The second kappa shape index (κ2) is 7.05. The summed E-state index contributed by atoms with van der Waals surface area (Å²) in [7, 11) is 1.65. The lowest BCUT2D eigenvalue weighted by molar-refractivity contribution is 0.116. The first-order valence-corrected chi connectivity index (χ1v) is 8.08. The SMILES string of the molecule is CN(CC1CCCC1O)C(=O)Nc1cc(-c2ccco2)ccc1F. The van der Waals surface area contributed by atoms with Crippen LogP contribution in [0.5, 0.6) is 0 Å². The van der Waals surface area contributed by atoms with Crippen LogP contribution < -0.4 is 5.32 Å². The van der Waals surface area contributed by atoms with E-state index in [1.165, 1.54) is 17.2 Å². The number of carbonyl (C=O) groups is 1. The molecule has 1 fully saturated rings. The van der Waals surface area contributed by atoms with Gasteiger partial charge in [0, 0.05) is 25.1 Å². The molecule has 6 heteroatoms. The van der Waals surface area contributed by atoms with Crippen LogP contribution in [0.2, 0.25) is 0 Å². The summed E-state index contributed by atoms with van der Waals surface area (Å²) in [5.74, 6) is 0.181. The van der Waals surface area contributed by atoms with E-state index in [1.54, 1.807) is 31.3 Å². The van der Waals surface area contributed by atoms with Gasteiger partial charge in [-0.1, -0.05) is 6.42 Å². The average Bonchev–Trinajstić information content (AvgIpc) is 3.22. The van der Waals surface area contributed by atoms with Crippen molar-refractivity contribution in [3.8, 4) is 11.3 Å². The number of aliphatic hydroxyl groups is 1. The zero-order valence-corrected chi connectivity index (χ0v) is 13.5. The lowest BCUT2D eigenvalue weighted by atomic mass is 10.1. The predicted octanol–water partition coefficient (Wildman–Crippen LogP) is 3.71. The summed E-state index contributed by atoms with van der Waals surface area (Å²) in [5, 5.41) is 12.5. The summed E-state index contributed by atoms with van der Waals surface area (Å²) < 4.78 is 19.3. The monoisotopic (exact) mass is 332 g/mol. The number of benzene rings is 1. The third kappa shape index (κ3) is 3.59. The zero-order valence-electron chi connectivity index (χ0n) is 13.5. The second-order valence-electron chi connectivity index (χ2n) is 6.24. The maximum Gasteiger partial charge on any atom is 0.321 e. The fourth-order valence-electron chi connectivity index (χ4n) is 3.09. The summed E-state index contributed by atoms with van der Waals surface area (Å²) in [4.78, 5) is 13.8. The Hall–Kier alpha value is -2.34. The van der Waals surface area contributed by atoms with Gasteiger partial charge in [0.2, 0.25) is 0 Å². The van der Waals surface area contributed by atoms with E-state index in [4.69, 9.17) is 4.42 Å². The number of amides is 2. The number of halogens is 1.